The minimum atomic E-state index is -0.526. The second kappa shape index (κ2) is 6.16. The van der Waals surface area contributed by atoms with Crippen molar-refractivity contribution < 1.29 is 23.5 Å². The zero-order valence-corrected chi connectivity index (χ0v) is 13.5. The number of ether oxygens (including phenoxy) is 2. The van der Waals surface area contributed by atoms with Crippen LogP contribution >= 0.6 is 0 Å². The second-order valence-corrected chi connectivity index (χ2v) is 6.19. The molecule has 1 aliphatic heterocycles. The third kappa shape index (κ3) is 3.17. The molecule has 2 aliphatic rings. The Hall–Kier alpha value is -2.96. The summed E-state index contributed by atoms with van der Waals surface area (Å²) >= 11 is 0. The Balaban J connectivity index is 1.34. The average Bonchev–Trinajstić information content (AvgIpc) is 3.33. The number of rotatable bonds is 4. The van der Waals surface area contributed by atoms with Crippen LogP contribution in [0.25, 0.3) is 0 Å². The molecule has 4 rings (SSSR count). The first-order valence-corrected chi connectivity index (χ1v) is 8.27. The Morgan fingerprint density at radius 3 is 2.64 bits per heavy atom. The summed E-state index contributed by atoms with van der Waals surface area (Å²) in [7, 11) is 0. The van der Waals surface area contributed by atoms with E-state index in [9.17, 15) is 9.59 Å². The lowest BCUT2D eigenvalue weighted by atomic mass is 10.2. The van der Waals surface area contributed by atoms with E-state index in [1.807, 2.05) is 0 Å². The first-order chi connectivity index (χ1) is 12.1. The number of hydrogen-bond acceptors (Lipinski definition) is 5. The van der Waals surface area contributed by atoms with E-state index in [0.29, 0.717) is 17.2 Å². The van der Waals surface area contributed by atoms with Gasteiger partial charge in [-0.15, -0.1) is 0 Å². The average molecular weight is 342 g/mol. The number of furan rings is 1. The fraction of sp³-hybridized carbons (Fsp3) is 0.333. The number of benzene rings is 1. The van der Waals surface area contributed by atoms with Crippen LogP contribution in [-0.4, -0.2) is 24.1 Å². The van der Waals surface area contributed by atoms with Crippen LogP contribution in [0.5, 0.6) is 11.5 Å². The highest BCUT2D eigenvalue weighted by Gasteiger charge is 2.44. The summed E-state index contributed by atoms with van der Waals surface area (Å²) in [6.45, 7) is -0.155. The van der Waals surface area contributed by atoms with E-state index in [1.165, 1.54) is 12.3 Å². The number of carbonyl (C=O) groups excluding carboxylic acids is 2. The molecule has 25 heavy (non-hydrogen) atoms. The Bertz CT molecular complexity index is 794. The number of fused-ring (bicyclic) bond motifs is 1. The predicted octanol–water partition coefficient (Wildman–Crippen LogP) is 2.69. The van der Waals surface area contributed by atoms with E-state index in [0.717, 1.165) is 25.7 Å². The highest BCUT2D eigenvalue weighted by Crippen LogP contribution is 2.47. The summed E-state index contributed by atoms with van der Waals surface area (Å²) in [5.41, 5.74) is 0.592. The fourth-order valence-electron chi connectivity index (χ4n) is 3.15. The van der Waals surface area contributed by atoms with Gasteiger partial charge in [-0.2, -0.15) is 0 Å². The standard InChI is InChI=1S/C18H18N2O5/c21-16(11-19-17(22)14-4-3-9-23-14)20-12-5-6-13-15(10-12)25-18(24-13)7-1-2-8-18/h3-6,9-10H,1-2,7-8,11H2,(H,19,22)(H,20,21). The van der Waals surface area contributed by atoms with Crippen molar-refractivity contribution in [2.75, 3.05) is 11.9 Å². The monoisotopic (exact) mass is 342 g/mol. The molecule has 2 amide bonds. The molecule has 0 unspecified atom stereocenters. The molecule has 1 spiro atoms. The number of anilines is 1. The summed E-state index contributed by atoms with van der Waals surface area (Å²) < 4.78 is 16.9. The first-order valence-electron chi connectivity index (χ1n) is 8.27. The molecule has 1 saturated carbocycles. The van der Waals surface area contributed by atoms with Crippen molar-refractivity contribution in [3.05, 3.63) is 42.4 Å². The molecule has 2 N–H and O–H groups in total. The molecule has 1 aromatic carbocycles. The Labute approximate surface area is 144 Å². The summed E-state index contributed by atoms with van der Waals surface area (Å²) in [6, 6.07) is 8.43. The van der Waals surface area contributed by atoms with Crippen molar-refractivity contribution in [1.82, 2.24) is 5.32 Å². The Morgan fingerprint density at radius 2 is 1.88 bits per heavy atom. The molecule has 0 atom stereocenters. The summed E-state index contributed by atoms with van der Waals surface area (Å²) in [6.07, 6.45) is 5.34. The van der Waals surface area contributed by atoms with Crippen molar-refractivity contribution in [1.29, 1.82) is 0 Å². The molecule has 1 aromatic heterocycles. The maximum Gasteiger partial charge on any atom is 0.287 e. The van der Waals surface area contributed by atoms with Crippen LogP contribution in [0.1, 0.15) is 36.2 Å². The SMILES string of the molecule is O=C(CNC(=O)c1ccco1)Nc1ccc2c(c1)OC1(CCCC1)O2. The van der Waals surface area contributed by atoms with Gasteiger partial charge < -0.3 is 24.5 Å². The van der Waals surface area contributed by atoms with Crippen LogP contribution in [0.4, 0.5) is 5.69 Å². The first kappa shape index (κ1) is 15.6. The fourth-order valence-corrected chi connectivity index (χ4v) is 3.15. The largest absolute Gasteiger partial charge is 0.459 e. The molecule has 0 radical (unpaired) electrons. The maximum atomic E-state index is 12.0. The van der Waals surface area contributed by atoms with Crippen LogP contribution in [0.2, 0.25) is 0 Å². The second-order valence-electron chi connectivity index (χ2n) is 6.19. The van der Waals surface area contributed by atoms with Gasteiger partial charge in [0.05, 0.1) is 12.8 Å². The van der Waals surface area contributed by atoms with Crippen molar-refractivity contribution in [3.8, 4) is 11.5 Å². The molecule has 2 heterocycles. The van der Waals surface area contributed by atoms with Gasteiger partial charge in [-0.25, -0.2) is 0 Å². The molecule has 1 fully saturated rings. The maximum absolute atomic E-state index is 12.0. The van der Waals surface area contributed by atoms with Gasteiger partial charge in [0.15, 0.2) is 17.3 Å². The third-order valence-corrected chi connectivity index (χ3v) is 4.34. The molecule has 2 aromatic rings. The van der Waals surface area contributed by atoms with Crippen molar-refractivity contribution >= 4 is 17.5 Å². The molecule has 1 aliphatic carbocycles. The van der Waals surface area contributed by atoms with Crippen LogP contribution < -0.4 is 20.1 Å². The smallest absolute Gasteiger partial charge is 0.287 e. The van der Waals surface area contributed by atoms with E-state index < -0.39 is 11.7 Å². The molecule has 7 heteroatoms. The normalized spacial score (nSPS) is 16.8. The van der Waals surface area contributed by atoms with E-state index in [-0.39, 0.29) is 18.2 Å². The Morgan fingerprint density at radius 1 is 1.08 bits per heavy atom. The predicted molar refractivity (Wildman–Crippen MR) is 88.6 cm³/mol. The van der Waals surface area contributed by atoms with E-state index in [4.69, 9.17) is 13.9 Å². The van der Waals surface area contributed by atoms with Gasteiger partial charge >= 0.3 is 0 Å². The molecular formula is C18H18N2O5. The lowest BCUT2D eigenvalue weighted by molar-refractivity contribution is -0.115. The molecule has 0 saturated heterocycles. The number of carbonyl (C=O) groups is 2. The van der Waals surface area contributed by atoms with E-state index in [1.54, 1.807) is 24.3 Å². The Kier molecular flexibility index (Phi) is 3.83. The van der Waals surface area contributed by atoms with Crippen molar-refractivity contribution in [3.63, 3.8) is 0 Å². The van der Waals surface area contributed by atoms with Crippen LogP contribution in [0.15, 0.2) is 41.0 Å². The number of nitrogens with one attached hydrogen (secondary N) is 2. The quantitative estimate of drug-likeness (QED) is 0.892. The minimum absolute atomic E-state index is 0.155. The van der Waals surface area contributed by atoms with Crippen LogP contribution in [0.3, 0.4) is 0 Å². The molecule has 0 bridgehead atoms. The number of hydrogen-bond donors (Lipinski definition) is 2. The van der Waals surface area contributed by atoms with Gasteiger partial charge in [-0.3, -0.25) is 9.59 Å². The van der Waals surface area contributed by atoms with Gasteiger partial charge in [0, 0.05) is 24.6 Å². The number of amides is 2. The topological polar surface area (TPSA) is 89.8 Å². The van der Waals surface area contributed by atoms with E-state index in [2.05, 4.69) is 10.6 Å². The molecule has 130 valence electrons. The summed E-state index contributed by atoms with van der Waals surface area (Å²) in [4.78, 5) is 23.7. The third-order valence-electron chi connectivity index (χ3n) is 4.34. The highest BCUT2D eigenvalue weighted by atomic mass is 16.7. The van der Waals surface area contributed by atoms with Crippen LogP contribution in [-0.2, 0) is 4.79 Å². The molecule has 7 nitrogen and oxygen atoms in total. The summed E-state index contributed by atoms with van der Waals surface area (Å²) in [5, 5.41) is 5.23. The van der Waals surface area contributed by atoms with Crippen LogP contribution in [0, 0.1) is 0 Å². The zero-order valence-electron chi connectivity index (χ0n) is 13.5. The highest BCUT2D eigenvalue weighted by molar-refractivity contribution is 5.98. The van der Waals surface area contributed by atoms with Gasteiger partial charge in [0.1, 0.15) is 0 Å². The molecular weight excluding hydrogens is 324 g/mol. The zero-order chi connectivity index (χ0) is 17.3. The van der Waals surface area contributed by atoms with Gasteiger partial charge in [0.2, 0.25) is 5.91 Å². The van der Waals surface area contributed by atoms with Gasteiger partial charge in [-0.05, 0) is 37.1 Å². The minimum Gasteiger partial charge on any atom is -0.459 e. The van der Waals surface area contributed by atoms with Gasteiger partial charge in [-0.1, -0.05) is 0 Å². The lowest BCUT2D eigenvalue weighted by Gasteiger charge is -2.21. The van der Waals surface area contributed by atoms with E-state index >= 15 is 0 Å². The van der Waals surface area contributed by atoms with Gasteiger partial charge in [0.25, 0.3) is 11.7 Å². The van der Waals surface area contributed by atoms with Crippen molar-refractivity contribution in [2.24, 2.45) is 0 Å². The summed E-state index contributed by atoms with van der Waals surface area (Å²) in [5.74, 6) is 0.202. The van der Waals surface area contributed by atoms with Crippen molar-refractivity contribution in [2.45, 2.75) is 31.5 Å². The lowest BCUT2D eigenvalue weighted by Crippen LogP contribution is -2.34.